The lowest BCUT2D eigenvalue weighted by atomic mass is 9.51. The Morgan fingerprint density at radius 2 is 2.13 bits per heavy atom. The number of nitrogens with one attached hydrogen (secondary N) is 1. The van der Waals surface area contributed by atoms with E-state index in [2.05, 4.69) is 16.5 Å². The molecule has 0 amide bonds. The summed E-state index contributed by atoms with van der Waals surface area (Å²) in [6.07, 6.45) is 6.67. The van der Waals surface area contributed by atoms with E-state index in [1.165, 1.54) is 19.3 Å². The molecule has 4 aliphatic carbocycles. The van der Waals surface area contributed by atoms with Crippen molar-refractivity contribution < 1.29 is 9.63 Å². The van der Waals surface area contributed by atoms with Crippen LogP contribution in [0.4, 0.5) is 0 Å². The highest BCUT2D eigenvalue weighted by Gasteiger charge is 2.56. The summed E-state index contributed by atoms with van der Waals surface area (Å²) < 4.78 is 5.47. The third kappa shape index (κ3) is 2.46. The van der Waals surface area contributed by atoms with E-state index < -0.39 is 5.60 Å². The number of rotatable bonds is 4. The van der Waals surface area contributed by atoms with Crippen LogP contribution < -0.4 is 5.32 Å². The zero-order valence-electron chi connectivity index (χ0n) is 13.1. The molecule has 0 saturated heterocycles. The van der Waals surface area contributed by atoms with Crippen LogP contribution in [0.25, 0.3) is 10.6 Å². The number of hydrogen-bond acceptors (Lipinski definition) is 5. The van der Waals surface area contributed by atoms with E-state index in [0.29, 0.717) is 11.8 Å². The molecule has 0 aromatic carbocycles. The van der Waals surface area contributed by atoms with Gasteiger partial charge in [-0.1, -0.05) is 11.2 Å². The SMILES string of the molecule is OC12C[C@H]3C[C@@H](C1)CC(NCc1cc(-c4cccs4)on1)(C3)C2. The van der Waals surface area contributed by atoms with Crippen molar-refractivity contribution in [2.75, 3.05) is 0 Å². The quantitative estimate of drug-likeness (QED) is 0.900. The lowest BCUT2D eigenvalue weighted by Crippen LogP contribution is -2.64. The summed E-state index contributed by atoms with van der Waals surface area (Å²) in [7, 11) is 0. The van der Waals surface area contributed by atoms with E-state index in [0.717, 1.165) is 42.1 Å². The highest BCUT2D eigenvalue weighted by atomic mass is 32.1. The van der Waals surface area contributed by atoms with Gasteiger partial charge in [0, 0.05) is 18.2 Å². The van der Waals surface area contributed by atoms with E-state index in [9.17, 15) is 5.11 Å². The Labute approximate surface area is 139 Å². The van der Waals surface area contributed by atoms with Crippen LogP contribution in [0, 0.1) is 11.8 Å². The van der Waals surface area contributed by atoms with Crippen molar-refractivity contribution in [3.05, 3.63) is 29.3 Å². The summed E-state index contributed by atoms with van der Waals surface area (Å²) >= 11 is 1.67. The first-order valence-corrected chi connectivity index (χ1v) is 9.46. The predicted molar refractivity (Wildman–Crippen MR) is 89.0 cm³/mol. The Kier molecular flexibility index (Phi) is 3.03. The van der Waals surface area contributed by atoms with Gasteiger partial charge in [0.1, 0.15) is 0 Å². The molecule has 2 unspecified atom stereocenters. The Hall–Kier alpha value is -1.17. The summed E-state index contributed by atoms with van der Waals surface area (Å²) in [5, 5.41) is 20.8. The summed E-state index contributed by atoms with van der Waals surface area (Å²) in [4.78, 5) is 1.12. The second kappa shape index (κ2) is 4.91. The minimum absolute atomic E-state index is 0.112. The molecule has 6 rings (SSSR count). The first-order chi connectivity index (χ1) is 11.1. The van der Waals surface area contributed by atoms with Crippen molar-refractivity contribution in [2.45, 2.75) is 56.2 Å². The molecule has 2 heterocycles. The maximum atomic E-state index is 10.8. The van der Waals surface area contributed by atoms with Gasteiger partial charge in [0.05, 0.1) is 16.2 Å². The third-order valence-corrected chi connectivity index (χ3v) is 6.88. The van der Waals surface area contributed by atoms with Gasteiger partial charge < -0.3 is 14.9 Å². The van der Waals surface area contributed by atoms with Gasteiger partial charge in [0.2, 0.25) is 0 Å². The fourth-order valence-electron chi connectivity index (χ4n) is 5.63. The van der Waals surface area contributed by atoms with Crippen molar-refractivity contribution in [2.24, 2.45) is 11.8 Å². The van der Waals surface area contributed by atoms with Gasteiger partial charge in [-0.05, 0) is 61.8 Å². The van der Waals surface area contributed by atoms with Gasteiger partial charge >= 0.3 is 0 Å². The number of nitrogens with zero attached hydrogens (tertiary/aromatic N) is 1. The molecule has 122 valence electrons. The molecule has 4 saturated carbocycles. The largest absolute Gasteiger partial charge is 0.390 e. The molecule has 2 aromatic heterocycles. The predicted octanol–water partition coefficient (Wildman–Crippen LogP) is 3.58. The van der Waals surface area contributed by atoms with Gasteiger partial charge in [-0.2, -0.15) is 0 Å². The van der Waals surface area contributed by atoms with Crippen LogP contribution in [0.15, 0.2) is 28.1 Å². The van der Waals surface area contributed by atoms with Crippen molar-refractivity contribution in [1.82, 2.24) is 10.5 Å². The smallest absolute Gasteiger partial charge is 0.177 e. The number of aromatic nitrogens is 1. The van der Waals surface area contributed by atoms with Gasteiger partial charge in [-0.25, -0.2) is 0 Å². The van der Waals surface area contributed by atoms with E-state index in [1.807, 2.05) is 17.5 Å². The average Bonchev–Trinajstić information content (AvgIpc) is 3.14. The molecule has 4 bridgehead atoms. The lowest BCUT2D eigenvalue weighted by Gasteiger charge is -2.60. The second-order valence-corrected chi connectivity index (χ2v) is 8.93. The topological polar surface area (TPSA) is 58.3 Å². The van der Waals surface area contributed by atoms with Crippen LogP contribution in [-0.4, -0.2) is 21.4 Å². The van der Waals surface area contributed by atoms with E-state index >= 15 is 0 Å². The molecule has 0 radical (unpaired) electrons. The highest BCUT2D eigenvalue weighted by molar-refractivity contribution is 7.13. The van der Waals surface area contributed by atoms with Crippen molar-refractivity contribution >= 4 is 11.3 Å². The zero-order chi connectivity index (χ0) is 15.5. The minimum Gasteiger partial charge on any atom is -0.390 e. The maximum Gasteiger partial charge on any atom is 0.177 e. The van der Waals surface area contributed by atoms with Crippen LogP contribution in [-0.2, 0) is 6.54 Å². The fraction of sp³-hybridized carbons (Fsp3) is 0.611. The Morgan fingerprint density at radius 1 is 1.30 bits per heavy atom. The molecule has 0 aliphatic heterocycles. The molecule has 0 spiro atoms. The highest BCUT2D eigenvalue weighted by Crippen LogP contribution is 2.57. The number of aliphatic hydroxyl groups is 1. The Morgan fingerprint density at radius 3 is 2.83 bits per heavy atom. The van der Waals surface area contributed by atoms with Crippen molar-refractivity contribution in [1.29, 1.82) is 0 Å². The van der Waals surface area contributed by atoms with Crippen molar-refractivity contribution in [3.63, 3.8) is 0 Å². The summed E-state index contributed by atoms with van der Waals surface area (Å²) in [6.45, 7) is 0.727. The second-order valence-electron chi connectivity index (χ2n) is 7.98. The molecule has 5 heteroatoms. The van der Waals surface area contributed by atoms with Crippen LogP contribution >= 0.6 is 11.3 Å². The first-order valence-electron chi connectivity index (χ1n) is 8.58. The molecule has 4 nitrogen and oxygen atoms in total. The zero-order valence-corrected chi connectivity index (χ0v) is 13.9. The van der Waals surface area contributed by atoms with Crippen molar-refractivity contribution in [3.8, 4) is 10.6 Å². The summed E-state index contributed by atoms with van der Waals surface area (Å²) in [6, 6.07) is 6.11. The first kappa shape index (κ1) is 14.2. The Bertz CT molecular complexity index is 694. The molecule has 4 atom stereocenters. The monoisotopic (exact) mass is 330 g/mol. The molecular formula is C18H22N2O2S. The number of thiophene rings is 1. The fourth-order valence-corrected chi connectivity index (χ4v) is 6.30. The summed E-state index contributed by atoms with van der Waals surface area (Å²) in [5.41, 5.74) is 0.653. The summed E-state index contributed by atoms with van der Waals surface area (Å²) in [5.74, 6) is 2.25. The standard InChI is InChI=1S/C18H22N2O2S/c21-18-8-12-4-13(9-18)7-17(6-12,11-18)19-10-14-5-15(22-20-14)16-2-1-3-23-16/h1-3,5,12-13,19,21H,4,6-11H2/t12-,13+,17?,18?. The molecular weight excluding hydrogens is 308 g/mol. The van der Waals surface area contributed by atoms with Crippen LogP contribution in [0.2, 0.25) is 0 Å². The van der Waals surface area contributed by atoms with Gasteiger partial charge in [0.15, 0.2) is 5.76 Å². The lowest BCUT2D eigenvalue weighted by molar-refractivity contribution is -0.142. The van der Waals surface area contributed by atoms with E-state index in [-0.39, 0.29) is 5.54 Å². The van der Waals surface area contributed by atoms with Crippen LogP contribution in [0.1, 0.15) is 44.2 Å². The molecule has 2 aromatic rings. The third-order valence-electron chi connectivity index (χ3n) is 6.00. The van der Waals surface area contributed by atoms with Crippen LogP contribution in [0.5, 0.6) is 0 Å². The van der Waals surface area contributed by atoms with Gasteiger partial charge in [0.25, 0.3) is 0 Å². The van der Waals surface area contributed by atoms with E-state index in [1.54, 1.807) is 11.3 Å². The van der Waals surface area contributed by atoms with Crippen LogP contribution in [0.3, 0.4) is 0 Å². The minimum atomic E-state index is -0.414. The molecule has 4 fully saturated rings. The van der Waals surface area contributed by atoms with Gasteiger partial charge in [-0.3, -0.25) is 0 Å². The van der Waals surface area contributed by atoms with Gasteiger partial charge in [-0.15, -0.1) is 11.3 Å². The number of hydrogen-bond donors (Lipinski definition) is 2. The Balaban J connectivity index is 1.31. The van der Waals surface area contributed by atoms with E-state index in [4.69, 9.17) is 4.52 Å². The normalized spacial score (nSPS) is 38.3. The molecule has 2 N–H and O–H groups in total. The molecule has 4 aliphatic rings. The molecule has 23 heavy (non-hydrogen) atoms. The maximum absolute atomic E-state index is 10.8. The average molecular weight is 330 g/mol.